The summed E-state index contributed by atoms with van der Waals surface area (Å²) in [6.07, 6.45) is 7.12. The number of rotatable bonds is 4. The zero-order valence-corrected chi connectivity index (χ0v) is 12.8. The molecule has 0 saturated heterocycles. The number of fused-ring (bicyclic) bond motifs is 1. The molecule has 23 heavy (non-hydrogen) atoms. The van der Waals surface area contributed by atoms with Crippen LogP contribution in [0.15, 0.2) is 29.6 Å². The molecular weight excluding hydrogens is 292 g/mol. The van der Waals surface area contributed by atoms with Crippen LogP contribution in [0, 0.1) is 10.8 Å². The lowest BCUT2D eigenvalue weighted by molar-refractivity contribution is -0.117. The SMILES string of the molecule is O=NC1(c2ccc3cc(NC(=O)C4CC4)ncc3n2)CCCC1. The van der Waals surface area contributed by atoms with E-state index in [0.717, 1.165) is 55.1 Å². The molecule has 1 amide bonds. The number of nitrogens with one attached hydrogen (secondary N) is 1. The molecule has 118 valence electrons. The van der Waals surface area contributed by atoms with Gasteiger partial charge in [-0.15, -0.1) is 4.91 Å². The van der Waals surface area contributed by atoms with Gasteiger partial charge in [-0.3, -0.25) is 4.79 Å². The monoisotopic (exact) mass is 310 g/mol. The molecule has 0 unspecified atom stereocenters. The van der Waals surface area contributed by atoms with Crippen LogP contribution in [0.3, 0.4) is 0 Å². The van der Waals surface area contributed by atoms with Gasteiger partial charge in [-0.25, -0.2) is 9.97 Å². The summed E-state index contributed by atoms with van der Waals surface area (Å²) in [5, 5.41) is 7.12. The van der Waals surface area contributed by atoms with Crippen molar-refractivity contribution in [2.24, 2.45) is 11.1 Å². The molecule has 2 heterocycles. The van der Waals surface area contributed by atoms with E-state index in [4.69, 9.17) is 0 Å². The second-order valence-corrected chi connectivity index (χ2v) is 6.55. The summed E-state index contributed by atoms with van der Waals surface area (Å²) >= 11 is 0. The van der Waals surface area contributed by atoms with Gasteiger partial charge in [0.1, 0.15) is 11.4 Å². The van der Waals surface area contributed by atoms with Crippen molar-refractivity contribution < 1.29 is 4.79 Å². The highest BCUT2D eigenvalue weighted by Gasteiger charge is 2.38. The molecule has 6 nitrogen and oxygen atoms in total. The van der Waals surface area contributed by atoms with Crippen molar-refractivity contribution in [3.8, 4) is 0 Å². The highest BCUT2D eigenvalue weighted by atomic mass is 16.3. The highest BCUT2D eigenvalue weighted by molar-refractivity contribution is 5.94. The van der Waals surface area contributed by atoms with Crippen molar-refractivity contribution in [2.75, 3.05) is 5.32 Å². The van der Waals surface area contributed by atoms with Gasteiger partial charge < -0.3 is 5.32 Å². The maximum Gasteiger partial charge on any atom is 0.228 e. The van der Waals surface area contributed by atoms with Gasteiger partial charge in [0.2, 0.25) is 5.91 Å². The van der Waals surface area contributed by atoms with Crippen molar-refractivity contribution in [3.63, 3.8) is 0 Å². The van der Waals surface area contributed by atoms with Gasteiger partial charge in [-0.05, 0) is 37.8 Å². The maximum absolute atomic E-state index is 11.8. The van der Waals surface area contributed by atoms with E-state index >= 15 is 0 Å². The first-order valence-corrected chi connectivity index (χ1v) is 8.13. The normalized spacial score (nSPS) is 19.7. The van der Waals surface area contributed by atoms with E-state index in [2.05, 4.69) is 20.5 Å². The summed E-state index contributed by atoms with van der Waals surface area (Å²) in [4.78, 5) is 32.0. The van der Waals surface area contributed by atoms with Crippen LogP contribution < -0.4 is 5.32 Å². The van der Waals surface area contributed by atoms with Crippen LogP contribution >= 0.6 is 0 Å². The predicted molar refractivity (Wildman–Crippen MR) is 86.8 cm³/mol. The quantitative estimate of drug-likeness (QED) is 0.876. The van der Waals surface area contributed by atoms with Gasteiger partial charge in [0.25, 0.3) is 0 Å². The summed E-state index contributed by atoms with van der Waals surface area (Å²) in [7, 11) is 0. The minimum Gasteiger partial charge on any atom is -0.310 e. The number of pyridine rings is 2. The zero-order valence-electron chi connectivity index (χ0n) is 12.8. The fourth-order valence-corrected chi connectivity index (χ4v) is 3.28. The molecule has 2 aliphatic carbocycles. The number of nitrogens with zero attached hydrogens (tertiary/aromatic N) is 3. The largest absolute Gasteiger partial charge is 0.310 e. The van der Waals surface area contributed by atoms with Crippen LogP contribution in [0.1, 0.15) is 44.2 Å². The van der Waals surface area contributed by atoms with Crippen LogP contribution in [-0.2, 0) is 10.3 Å². The lowest BCUT2D eigenvalue weighted by Crippen LogP contribution is -2.20. The van der Waals surface area contributed by atoms with Crippen molar-refractivity contribution in [2.45, 2.75) is 44.1 Å². The standard InChI is InChI=1S/C17H18N4O2/c22-16(11-3-4-11)20-15-9-12-5-6-14(19-13(12)10-18-15)17(21-23)7-1-2-8-17/h5-6,9-11H,1-4,7-8H2,(H,18,20,22). The molecule has 0 spiro atoms. The Hall–Kier alpha value is -2.37. The molecule has 0 atom stereocenters. The minimum absolute atomic E-state index is 0.0384. The third-order valence-electron chi connectivity index (χ3n) is 4.86. The van der Waals surface area contributed by atoms with Gasteiger partial charge >= 0.3 is 0 Å². The Kier molecular flexibility index (Phi) is 3.32. The zero-order chi connectivity index (χ0) is 15.9. The van der Waals surface area contributed by atoms with Crippen LogP contribution in [0.25, 0.3) is 10.9 Å². The van der Waals surface area contributed by atoms with Crippen molar-refractivity contribution >= 4 is 22.6 Å². The molecule has 2 fully saturated rings. The molecule has 2 aromatic rings. The third kappa shape index (κ3) is 2.58. The molecular formula is C17H18N4O2. The average molecular weight is 310 g/mol. The van der Waals surface area contributed by atoms with Gasteiger partial charge in [0, 0.05) is 11.3 Å². The summed E-state index contributed by atoms with van der Waals surface area (Å²) in [5.74, 6) is 0.735. The van der Waals surface area contributed by atoms with E-state index in [1.807, 2.05) is 18.2 Å². The van der Waals surface area contributed by atoms with Crippen LogP contribution in [0.2, 0.25) is 0 Å². The van der Waals surface area contributed by atoms with E-state index < -0.39 is 5.54 Å². The smallest absolute Gasteiger partial charge is 0.228 e. The summed E-state index contributed by atoms with van der Waals surface area (Å²) < 4.78 is 0. The number of anilines is 1. The highest BCUT2D eigenvalue weighted by Crippen LogP contribution is 2.41. The lowest BCUT2D eigenvalue weighted by Gasteiger charge is -2.19. The molecule has 0 aliphatic heterocycles. The van der Waals surface area contributed by atoms with E-state index in [9.17, 15) is 9.70 Å². The maximum atomic E-state index is 11.8. The number of hydrogen-bond acceptors (Lipinski definition) is 5. The third-order valence-corrected chi connectivity index (χ3v) is 4.86. The summed E-state index contributed by atoms with van der Waals surface area (Å²) in [6.45, 7) is 0. The fraction of sp³-hybridized carbons (Fsp3) is 0.471. The molecule has 2 aliphatic rings. The van der Waals surface area contributed by atoms with Gasteiger partial charge in [0.05, 0.1) is 17.4 Å². The second kappa shape index (κ2) is 5.37. The van der Waals surface area contributed by atoms with Gasteiger partial charge in [-0.2, -0.15) is 0 Å². The number of nitroso groups, excluding NO2 is 1. The van der Waals surface area contributed by atoms with Crippen LogP contribution in [0.4, 0.5) is 5.82 Å². The Morgan fingerprint density at radius 1 is 1.26 bits per heavy atom. The molecule has 2 saturated carbocycles. The Labute approximate surface area is 133 Å². The number of carbonyl (C=O) groups excluding carboxylic acids is 1. The number of amides is 1. The topological polar surface area (TPSA) is 84.3 Å². The van der Waals surface area contributed by atoms with Crippen molar-refractivity contribution in [1.29, 1.82) is 0 Å². The fourth-order valence-electron chi connectivity index (χ4n) is 3.28. The van der Waals surface area contributed by atoms with Gasteiger partial charge in [0.15, 0.2) is 0 Å². The predicted octanol–water partition coefficient (Wildman–Crippen LogP) is 3.51. The van der Waals surface area contributed by atoms with E-state index in [1.165, 1.54) is 0 Å². The molecule has 6 heteroatoms. The average Bonchev–Trinajstić information content (AvgIpc) is 3.32. The molecule has 4 rings (SSSR count). The van der Waals surface area contributed by atoms with Crippen LogP contribution in [-0.4, -0.2) is 15.9 Å². The summed E-state index contributed by atoms with van der Waals surface area (Å²) in [5.41, 5.74) is 0.781. The Bertz CT molecular complexity index is 779. The Balaban J connectivity index is 1.64. The molecule has 0 aromatic carbocycles. The molecule has 1 N–H and O–H groups in total. The van der Waals surface area contributed by atoms with E-state index in [-0.39, 0.29) is 11.8 Å². The second-order valence-electron chi connectivity index (χ2n) is 6.55. The number of hydrogen-bond donors (Lipinski definition) is 1. The number of carbonyl (C=O) groups is 1. The molecule has 2 aromatic heterocycles. The molecule has 0 bridgehead atoms. The Morgan fingerprint density at radius 3 is 2.74 bits per heavy atom. The van der Waals surface area contributed by atoms with Crippen molar-refractivity contribution in [1.82, 2.24) is 9.97 Å². The first-order chi connectivity index (χ1) is 11.2. The van der Waals surface area contributed by atoms with Crippen molar-refractivity contribution in [3.05, 3.63) is 35.0 Å². The first-order valence-electron chi connectivity index (χ1n) is 8.13. The molecule has 0 radical (unpaired) electrons. The van der Waals surface area contributed by atoms with Gasteiger partial charge in [-0.1, -0.05) is 24.1 Å². The number of aromatic nitrogens is 2. The summed E-state index contributed by atoms with van der Waals surface area (Å²) in [6, 6.07) is 5.63. The van der Waals surface area contributed by atoms with E-state index in [0.29, 0.717) is 5.82 Å². The van der Waals surface area contributed by atoms with E-state index in [1.54, 1.807) is 6.20 Å². The Morgan fingerprint density at radius 2 is 2.04 bits per heavy atom. The van der Waals surface area contributed by atoms with Crippen LogP contribution in [0.5, 0.6) is 0 Å². The first kappa shape index (κ1) is 14.2. The minimum atomic E-state index is -0.674. The lowest BCUT2D eigenvalue weighted by atomic mass is 9.93.